The normalized spacial score (nSPS) is 15.3. The van der Waals surface area contributed by atoms with Crippen LogP contribution in [0.15, 0.2) is 71.1 Å². The number of hydrogen-bond acceptors (Lipinski definition) is 4. The summed E-state index contributed by atoms with van der Waals surface area (Å²) in [5.74, 6) is 0.0466. The van der Waals surface area contributed by atoms with Crippen molar-refractivity contribution in [1.82, 2.24) is 9.80 Å². The standard InChI is InChI=1S/C27H29FN2O4/c1-20-13-14-23(34-20)18-29(16-21-8-3-2-4-9-21)26(31)19-30(17-22-10-7-15-33-22)27(32)24-11-5-6-12-25(24)28/h2-6,8-9,11-14,22H,7,10,15-19H2,1H3. The molecule has 4 rings (SSSR count). The average molecular weight is 465 g/mol. The van der Waals surface area contributed by atoms with Gasteiger partial charge >= 0.3 is 0 Å². The third-order valence-electron chi connectivity index (χ3n) is 5.88. The number of furan rings is 1. The van der Waals surface area contributed by atoms with Crippen molar-refractivity contribution in [2.24, 2.45) is 0 Å². The Morgan fingerprint density at radius 1 is 0.971 bits per heavy atom. The first-order valence-electron chi connectivity index (χ1n) is 11.5. The lowest BCUT2D eigenvalue weighted by Gasteiger charge is -2.29. The predicted molar refractivity (Wildman–Crippen MR) is 125 cm³/mol. The van der Waals surface area contributed by atoms with E-state index in [0.29, 0.717) is 18.9 Å². The average Bonchev–Trinajstić information content (AvgIpc) is 3.50. The minimum absolute atomic E-state index is 0.0513. The molecule has 178 valence electrons. The van der Waals surface area contributed by atoms with E-state index >= 15 is 0 Å². The summed E-state index contributed by atoms with van der Waals surface area (Å²) in [5, 5.41) is 0. The van der Waals surface area contributed by atoms with Gasteiger partial charge in [0.05, 0.1) is 18.2 Å². The second-order valence-corrected chi connectivity index (χ2v) is 8.55. The van der Waals surface area contributed by atoms with E-state index < -0.39 is 11.7 Å². The van der Waals surface area contributed by atoms with Crippen LogP contribution in [0.2, 0.25) is 0 Å². The molecule has 2 amide bonds. The molecular formula is C27H29FN2O4. The second-order valence-electron chi connectivity index (χ2n) is 8.55. The van der Waals surface area contributed by atoms with Crippen LogP contribution < -0.4 is 0 Å². The van der Waals surface area contributed by atoms with E-state index in [9.17, 15) is 14.0 Å². The lowest BCUT2D eigenvalue weighted by Crippen LogP contribution is -2.45. The first kappa shape index (κ1) is 23.7. The maximum absolute atomic E-state index is 14.4. The first-order chi connectivity index (χ1) is 16.5. The number of amides is 2. The molecule has 6 nitrogen and oxygen atoms in total. The van der Waals surface area contributed by atoms with E-state index in [2.05, 4.69) is 0 Å². The van der Waals surface area contributed by atoms with Crippen LogP contribution in [-0.2, 0) is 22.6 Å². The largest absolute Gasteiger partial charge is 0.464 e. The van der Waals surface area contributed by atoms with E-state index in [4.69, 9.17) is 9.15 Å². The summed E-state index contributed by atoms with van der Waals surface area (Å²) in [6.45, 7) is 3.16. The number of halogens is 1. The van der Waals surface area contributed by atoms with Crippen molar-refractivity contribution in [3.8, 4) is 0 Å². The maximum Gasteiger partial charge on any atom is 0.257 e. The predicted octanol–water partition coefficient (Wildman–Crippen LogP) is 4.58. The molecule has 0 N–H and O–H groups in total. The van der Waals surface area contributed by atoms with E-state index in [-0.39, 0.29) is 37.2 Å². The summed E-state index contributed by atoms with van der Waals surface area (Å²) in [4.78, 5) is 29.9. The molecule has 1 unspecified atom stereocenters. The molecule has 1 fully saturated rings. The van der Waals surface area contributed by atoms with Gasteiger partial charge in [-0.05, 0) is 49.6 Å². The van der Waals surface area contributed by atoms with Gasteiger partial charge in [-0.25, -0.2) is 4.39 Å². The molecule has 0 saturated carbocycles. The highest BCUT2D eigenvalue weighted by molar-refractivity contribution is 5.96. The minimum atomic E-state index is -0.607. The van der Waals surface area contributed by atoms with Gasteiger partial charge in [-0.1, -0.05) is 42.5 Å². The zero-order valence-corrected chi connectivity index (χ0v) is 19.3. The molecule has 1 aliphatic rings. The molecule has 7 heteroatoms. The quantitative estimate of drug-likeness (QED) is 0.465. The third-order valence-corrected chi connectivity index (χ3v) is 5.88. The summed E-state index contributed by atoms with van der Waals surface area (Å²) in [6.07, 6.45) is 1.53. The molecule has 1 aromatic heterocycles. The van der Waals surface area contributed by atoms with Crippen molar-refractivity contribution in [2.75, 3.05) is 19.7 Å². The molecule has 34 heavy (non-hydrogen) atoms. The Bertz CT molecular complexity index is 1110. The number of ether oxygens (including phenoxy) is 1. The van der Waals surface area contributed by atoms with Crippen molar-refractivity contribution < 1.29 is 23.1 Å². The fraction of sp³-hybridized carbons (Fsp3) is 0.333. The van der Waals surface area contributed by atoms with Crippen molar-refractivity contribution in [1.29, 1.82) is 0 Å². The Kier molecular flexibility index (Phi) is 7.75. The van der Waals surface area contributed by atoms with Crippen LogP contribution in [0.1, 0.15) is 40.3 Å². The Hall–Kier alpha value is -3.45. The van der Waals surface area contributed by atoms with E-state index in [1.807, 2.05) is 49.4 Å². The lowest BCUT2D eigenvalue weighted by atomic mass is 10.1. The Balaban J connectivity index is 1.56. The summed E-state index contributed by atoms with van der Waals surface area (Å²) in [7, 11) is 0. The summed E-state index contributed by atoms with van der Waals surface area (Å²) in [5.41, 5.74) is 0.912. The van der Waals surface area contributed by atoms with Gasteiger partial charge in [-0.15, -0.1) is 0 Å². The molecule has 2 heterocycles. The topological polar surface area (TPSA) is 63.0 Å². The van der Waals surface area contributed by atoms with Crippen LogP contribution in [0, 0.1) is 12.7 Å². The highest BCUT2D eigenvalue weighted by Gasteiger charge is 2.28. The monoisotopic (exact) mass is 464 g/mol. The van der Waals surface area contributed by atoms with Gasteiger partial charge in [0.15, 0.2) is 0 Å². The summed E-state index contributed by atoms with van der Waals surface area (Å²) < 4.78 is 25.8. The van der Waals surface area contributed by atoms with Crippen molar-refractivity contribution in [3.05, 3.63) is 95.2 Å². The van der Waals surface area contributed by atoms with Crippen molar-refractivity contribution >= 4 is 11.8 Å². The number of carbonyl (C=O) groups is 2. The molecule has 0 spiro atoms. The minimum Gasteiger partial charge on any atom is -0.464 e. The smallest absolute Gasteiger partial charge is 0.257 e. The second kappa shape index (κ2) is 11.1. The number of nitrogens with zero attached hydrogens (tertiary/aromatic N) is 2. The van der Waals surface area contributed by atoms with Gasteiger partial charge in [0.2, 0.25) is 5.91 Å². The van der Waals surface area contributed by atoms with E-state index in [1.54, 1.807) is 11.0 Å². The Morgan fingerprint density at radius 2 is 1.74 bits per heavy atom. The summed E-state index contributed by atoms with van der Waals surface area (Å²) >= 11 is 0. The van der Waals surface area contributed by atoms with Crippen LogP contribution >= 0.6 is 0 Å². The molecule has 1 aliphatic heterocycles. The van der Waals surface area contributed by atoms with Gasteiger partial charge in [-0.3, -0.25) is 9.59 Å². The maximum atomic E-state index is 14.4. The fourth-order valence-corrected chi connectivity index (χ4v) is 4.12. The van der Waals surface area contributed by atoms with E-state index in [0.717, 1.165) is 24.2 Å². The van der Waals surface area contributed by atoms with Gasteiger partial charge in [0.1, 0.15) is 23.9 Å². The Labute approximate surface area is 198 Å². The number of rotatable bonds is 9. The number of aryl methyl sites for hydroxylation is 1. The van der Waals surface area contributed by atoms with Crippen LogP contribution in [0.3, 0.4) is 0 Å². The molecule has 2 aromatic carbocycles. The molecule has 1 saturated heterocycles. The fourth-order valence-electron chi connectivity index (χ4n) is 4.12. The zero-order chi connectivity index (χ0) is 23.9. The van der Waals surface area contributed by atoms with Gasteiger partial charge in [-0.2, -0.15) is 0 Å². The molecule has 3 aromatic rings. The lowest BCUT2D eigenvalue weighted by molar-refractivity contribution is -0.133. The Morgan fingerprint density at radius 3 is 2.41 bits per heavy atom. The zero-order valence-electron chi connectivity index (χ0n) is 19.3. The van der Waals surface area contributed by atoms with Crippen molar-refractivity contribution in [2.45, 2.75) is 39.0 Å². The summed E-state index contributed by atoms with van der Waals surface area (Å²) in [6, 6.07) is 19.2. The van der Waals surface area contributed by atoms with Crippen LogP contribution in [-0.4, -0.2) is 47.4 Å². The van der Waals surface area contributed by atoms with Crippen LogP contribution in [0.25, 0.3) is 0 Å². The van der Waals surface area contributed by atoms with Gasteiger partial charge in [0, 0.05) is 19.7 Å². The van der Waals surface area contributed by atoms with E-state index in [1.165, 1.54) is 23.1 Å². The van der Waals surface area contributed by atoms with Crippen LogP contribution in [0.5, 0.6) is 0 Å². The first-order valence-corrected chi connectivity index (χ1v) is 11.5. The molecule has 0 aliphatic carbocycles. The molecule has 0 bridgehead atoms. The number of carbonyl (C=O) groups excluding carboxylic acids is 2. The van der Waals surface area contributed by atoms with Crippen LogP contribution in [0.4, 0.5) is 4.39 Å². The van der Waals surface area contributed by atoms with Gasteiger partial charge < -0.3 is 19.0 Å². The molecule has 1 atom stereocenters. The van der Waals surface area contributed by atoms with Crippen molar-refractivity contribution in [3.63, 3.8) is 0 Å². The molecular weight excluding hydrogens is 435 g/mol. The number of benzene rings is 2. The number of hydrogen-bond donors (Lipinski definition) is 0. The SMILES string of the molecule is Cc1ccc(CN(Cc2ccccc2)C(=O)CN(CC2CCCO2)C(=O)c2ccccc2F)o1. The van der Waals surface area contributed by atoms with Gasteiger partial charge in [0.25, 0.3) is 5.91 Å². The third kappa shape index (κ3) is 6.11. The highest BCUT2D eigenvalue weighted by Crippen LogP contribution is 2.18. The highest BCUT2D eigenvalue weighted by atomic mass is 19.1. The molecule has 0 radical (unpaired) electrons.